The maximum Gasteiger partial charge on any atom is 0.234 e. The van der Waals surface area contributed by atoms with Crippen molar-refractivity contribution < 1.29 is 9.18 Å². The van der Waals surface area contributed by atoms with Crippen molar-refractivity contribution >= 4 is 35.0 Å². The van der Waals surface area contributed by atoms with Crippen LogP contribution in [-0.2, 0) is 10.5 Å². The Morgan fingerprint density at radius 3 is 2.77 bits per heavy atom. The Bertz CT molecular complexity index is 670. The van der Waals surface area contributed by atoms with Gasteiger partial charge in [0.1, 0.15) is 5.82 Å². The van der Waals surface area contributed by atoms with Gasteiger partial charge >= 0.3 is 0 Å². The molecule has 5 heteroatoms. The average molecular weight is 338 g/mol. The summed E-state index contributed by atoms with van der Waals surface area (Å²) in [4.78, 5) is 12.0. The summed E-state index contributed by atoms with van der Waals surface area (Å²) in [6.45, 7) is 3.92. The molecule has 0 saturated carbocycles. The van der Waals surface area contributed by atoms with Gasteiger partial charge in [-0.2, -0.15) is 0 Å². The lowest BCUT2D eigenvalue weighted by atomic mass is 10.1. The molecule has 1 N–H and O–H groups in total. The quantitative estimate of drug-likeness (QED) is 0.834. The maximum absolute atomic E-state index is 13.6. The molecule has 2 aromatic rings. The highest BCUT2D eigenvalue weighted by molar-refractivity contribution is 7.99. The largest absolute Gasteiger partial charge is 0.325 e. The summed E-state index contributed by atoms with van der Waals surface area (Å²) in [5.74, 6) is 0.171. The van der Waals surface area contributed by atoms with E-state index < -0.39 is 0 Å². The number of thioether (sulfide) groups is 1. The number of anilines is 1. The third kappa shape index (κ3) is 4.49. The Labute approximate surface area is 139 Å². The van der Waals surface area contributed by atoms with Crippen molar-refractivity contribution in [3.8, 4) is 0 Å². The SMILES string of the molecule is Cc1ccc(C)c(NC(=O)CSCc2c(F)cccc2Cl)c1. The molecule has 0 unspecified atom stereocenters. The zero-order valence-electron chi connectivity index (χ0n) is 12.5. The van der Waals surface area contributed by atoms with Crippen molar-refractivity contribution in [2.75, 3.05) is 11.1 Å². The van der Waals surface area contributed by atoms with Crippen molar-refractivity contribution in [2.45, 2.75) is 19.6 Å². The molecule has 1 amide bonds. The van der Waals surface area contributed by atoms with Gasteiger partial charge in [0.05, 0.1) is 5.75 Å². The Balaban J connectivity index is 1.89. The molecule has 2 nitrogen and oxygen atoms in total. The van der Waals surface area contributed by atoms with Crippen molar-refractivity contribution in [2.24, 2.45) is 0 Å². The summed E-state index contributed by atoms with van der Waals surface area (Å²) in [6, 6.07) is 10.5. The van der Waals surface area contributed by atoms with Gasteiger partial charge in [0.25, 0.3) is 0 Å². The van der Waals surface area contributed by atoms with E-state index in [1.807, 2.05) is 32.0 Å². The van der Waals surface area contributed by atoms with Crippen LogP contribution < -0.4 is 5.32 Å². The molecule has 0 spiro atoms. The van der Waals surface area contributed by atoms with E-state index in [9.17, 15) is 9.18 Å². The van der Waals surface area contributed by atoms with Crippen molar-refractivity contribution in [1.29, 1.82) is 0 Å². The van der Waals surface area contributed by atoms with Crippen molar-refractivity contribution in [3.63, 3.8) is 0 Å². The van der Waals surface area contributed by atoms with Gasteiger partial charge in [0.15, 0.2) is 0 Å². The van der Waals surface area contributed by atoms with E-state index >= 15 is 0 Å². The minimum atomic E-state index is -0.338. The van der Waals surface area contributed by atoms with Crippen LogP contribution in [0.4, 0.5) is 10.1 Å². The lowest BCUT2D eigenvalue weighted by molar-refractivity contribution is -0.113. The molecule has 22 heavy (non-hydrogen) atoms. The molecule has 116 valence electrons. The number of rotatable bonds is 5. The topological polar surface area (TPSA) is 29.1 Å². The first-order valence-corrected chi connectivity index (χ1v) is 8.38. The summed E-state index contributed by atoms with van der Waals surface area (Å²) in [5.41, 5.74) is 3.36. The number of hydrogen-bond acceptors (Lipinski definition) is 2. The number of hydrogen-bond donors (Lipinski definition) is 1. The van der Waals surface area contributed by atoms with E-state index in [4.69, 9.17) is 11.6 Å². The zero-order valence-corrected chi connectivity index (χ0v) is 14.0. The average Bonchev–Trinajstić information content (AvgIpc) is 2.46. The van der Waals surface area contributed by atoms with Crippen LogP contribution in [0.5, 0.6) is 0 Å². The number of benzene rings is 2. The second-order valence-corrected chi connectivity index (χ2v) is 6.45. The van der Waals surface area contributed by atoms with Crippen molar-refractivity contribution in [3.05, 3.63) is 63.9 Å². The zero-order chi connectivity index (χ0) is 16.1. The maximum atomic E-state index is 13.6. The van der Waals surface area contributed by atoms with Crippen LogP contribution in [0.15, 0.2) is 36.4 Å². The lowest BCUT2D eigenvalue weighted by Crippen LogP contribution is -2.15. The monoisotopic (exact) mass is 337 g/mol. The third-order valence-corrected chi connectivity index (χ3v) is 4.52. The second-order valence-electron chi connectivity index (χ2n) is 5.06. The molecule has 0 aliphatic rings. The molecule has 0 aliphatic carbocycles. The van der Waals surface area contributed by atoms with Gasteiger partial charge in [0, 0.05) is 22.0 Å². The van der Waals surface area contributed by atoms with Crippen LogP contribution in [-0.4, -0.2) is 11.7 Å². The van der Waals surface area contributed by atoms with E-state index in [1.54, 1.807) is 12.1 Å². The van der Waals surface area contributed by atoms with Crippen LogP contribution in [0, 0.1) is 19.7 Å². The Morgan fingerprint density at radius 1 is 1.27 bits per heavy atom. The first-order chi connectivity index (χ1) is 10.5. The molecule has 0 aromatic heterocycles. The van der Waals surface area contributed by atoms with Gasteiger partial charge in [-0.15, -0.1) is 11.8 Å². The normalized spacial score (nSPS) is 10.5. The molecule has 0 aliphatic heterocycles. The van der Waals surface area contributed by atoms with Crippen molar-refractivity contribution in [1.82, 2.24) is 0 Å². The molecular weight excluding hydrogens is 321 g/mol. The summed E-state index contributed by atoms with van der Waals surface area (Å²) in [6.07, 6.45) is 0. The van der Waals surface area contributed by atoms with Gasteiger partial charge in [-0.3, -0.25) is 4.79 Å². The molecule has 0 atom stereocenters. The lowest BCUT2D eigenvalue weighted by Gasteiger charge is -2.10. The second kappa shape index (κ2) is 7.65. The Kier molecular flexibility index (Phi) is 5.86. The van der Waals surface area contributed by atoms with Crippen LogP contribution in [0.25, 0.3) is 0 Å². The molecule has 0 bridgehead atoms. The third-order valence-electron chi connectivity index (χ3n) is 3.21. The highest BCUT2D eigenvalue weighted by Gasteiger charge is 2.09. The standard InChI is InChI=1S/C17H17ClFNOS/c1-11-6-7-12(2)16(8-11)20-17(21)10-22-9-13-14(18)4-3-5-15(13)19/h3-8H,9-10H2,1-2H3,(H,20,21). The van der Waals surface area contributed by atoms with Gasteiger partial charge in [-0.05, 0) is 43.2 Å². The van der Waals surface area contributed by atoms with E-state index in [0.717, 1.165) is 16.8 Å². The van der Waals surface area contributed by atoms with Crippen LogP contribution in [0.1, 0.15) is 16.7 Å². The van der Waals surface area contributed by atoms with Crippen LogP contribution in [0.3, 0.4) is 0 Å². The first kappa shape index (κ1) is 16.8. The smallest absolute Gasteiger partial charge is 0.234 e. The predicted octanol–water partition coefficient (Wildman–Crippen LogP) is 4.97. The highest BCUT2D eigenvalue weighted by Crippen LogP contribution is 2.24. The molecule has 0 fully saturated rings. The van der Waals surface area contributed by atoms with Gasteiger partial charge in [-0.1, -0.05) is 29.8 Å². The molecule has 0 radical (unpaired) electrons. The van der Waals surface area contributed by atoms with Crippen LogP contribution in [0.2, 0.25) is 5.02 Å². The minimum Gasteiger partial charge on any atom is -0.325 e. The number of halogens is 2. The van der Waals surface area contributed by atoms with E-state index in [-0.39, 0.29) is 17.5 Å². The molecule has 2 rings (SSSR count). The summed E-state index contributed by atoms with van der Waals surface area (Å²) in [5, 5.41) is 3.27. The number of nitrogens with one attached hydrogen (secondary N) is 1. The van der Waals surface area contributed by atoms with Crippen LogP contribution >= 0.6 is 23.4 Å². The number of aryl methyl sites for hydroxylation is 2. The Hall–Kier alpha value is -1.52. The Morgan fingerprint density at radius 2 is 2.05 bits per heavy atom. The summed E-state index contributed by atoms with van der Waals surface area (Å²) < 4.78 is 13.6. The molecule has 2 aromatic carbocycles. The first-order valence-electron chi connectivity index (χ1n) is 6.85. The van der Waals surface area contributed by atoms with Gasteiger partial charge < -0.3 is 5.32 Å². The molecule has 0 saturated heterocycles. The fourth-order valence-electron chi connectivity index (χ4n) is 1.97. The fraction of sp³-hybridized carbons (Fsp3) is 0.235. The predicted molar refractivity (Wildman–Crippen MR) is 92.1 cm³/mol. The summed E-state index contributed by atoms with van der Waals surface area (Å²) >= 11 is 7.29. The van der Waals surface area contributed by atoms with Gasteiger partial charge in [0.2, 0.25) is 5.91 Å². The summed E-state index contributed by atoms with van der Waals surface area (Å²) in [7, 11) is 0. The molecular formula is C17H17ClFNOS. The van der Waals surface area contributed by atoms with Gasteiger partial charge in [-0.25, -0.2) is 4.39 Å². The minimum absolute atomic E-state index is 0.105. The van der Waals surface area contributed by atoms with E-state index in [1.165, 1.54) is 17.8 Å². The number of carbonyl (C=O) groups excluding carboxylic acids is 1. The number of carbonyl (C=O) groups is 1. The van der Waals surface area contributed by atoms with E-state index in [2.05, 4.69) is 5.32 Å². The fourth-order valence-corrected chi connectivity index (χ4v) is 3.14. The van der Waals surface area contributed by atoms with E-state index in [0.29, 0.717) is 16.3 Å². The molecule has 0 heterocycles. The number of amides is 1. The highest BCUT2D eigenvalue weighted by atomic mass is 35.5.